The number of aromatic nitrogens is 3. The number of rotatable bonds is 3. The number of hydrogen-bond acceptors (Lipinski definition) is 4. The molecule has 0 saturated carbocycles. The lowest BCUT2D eigenvalue weighted by Gasteiger charge is -1.96. The average Bonchev–Trinajstić information content (AvgIpc) is 2.97. The maximum atomic E-state index is 5.61. The Bertz CT molecular complexity index is 627. The summed E-state index contributed by atoms with van der Waals surface area (Å²) in [5.74, 6) is 0.971. The van der Waals surface area contributed by atoms with Crippen molar-refractivity contribution in [3.8, 4) is 10.6 Å². The van der Waals surface area contributed by atoms with Gasteiger partial charge in [0.1, 0.15) is 11.5 Å². The monoisotopic (exact) mass is 244 g/mol. The van der Waals surface area contributed by atoms with Gasteiger partial charge in [-0.05, 0) is 24.1 Å². The molecule has 17 heavy (non-hydrogen) atoms. The fourth-order valence-electron chi connectivity index (χ4n) is 1.87. The lowest BCUT2D eigenvalue weighted by atomic mass is 10.3. The molecule has 0 bridgehead atoms. The van der Waals surface area contributed by atoms with Crippen molar-refractivity contribution in [2.24, 2.45) is 5.73 Å². The van der Waals surface area contributed by atoms with E-state index in [1.807, 2.05) is 28.1 Å². The van der Waals surface area contributed by atoms with Crippen LogP contribution in [0.25, 0.3) is 16.2 Å². The van der Waals surface area contributed by atoms with Crippen LogP contribution in [0.5, 0.6) is 0 Å². The summed E-state index contributed by atoms with van der Waals surface area (Å²) in [6, 6.07) is 6.00. The second-order valence-electron chi connectivity index (χ2n) is 3.71. The Balaban J connectivity index is 2.25. The largest absolute Gasteiger partial charge is 0.330 e. The molecule has 0 saturated heterocycles. The van der Waals surface area contributed by atoms with E-state index in [1.165, 1.54) is 0 Å². The summed E-state index contributed by atoms with van der Waals surface area (Å²) in [6.07, 6.45) is 4.54. The molecule has 3 heterocycles. The third-order valence-electron chi connectivity index (χ3n) is 2.60. The van der Waals surface area contributed by atoms with Gasteiger partial charge >= 0.3 is 0 Å². The lowest BCUT2D eigenvalue weighted by molar-refractivity contribution is 0.859. The SMILES string of the molecule is NCCc1nc(-c2cccs2)c2ncccn12. The van der Waals surface area contributed by atoms with Crippen molar-refractivity contribution in [3.05, 3.63) is 41.8 Å². The predicted molar refractivity (Wildman–Crippen MR) is 69.1 cm³/mol. The molecule has 0 aliphatic rings. The fraction of sp³-hybridized carbons (Fsp3) is 0.167. The third-order valence-corrected chi connectivity index (χ3v) is 3.48. The molecule has 0 unspecified atom stereocenters. The van der Waals surface area contributed by atoms with Gasteiger partial charge in [-0.15, -0.1) is 11.3 Å². The van der Waals surface area contributed by atoms with Crippen molar-refractivity contribution < 1.29 is 0 Å². The van der Waals surface area contributed by atoms with Gasteiger partial charge in [0.15, 0.2) is 5.65 Å². The van der Waals surface area contributed by atoms with Crippen molar-refractivity contribution in [1.29, 1.82) is 0 Å². The van der Waals surface area contributed by atoms with E-state index in [-0.39, 0.29) is 0 Å². The van der Waals surface area contributed by atoms with Gasteiger partial charge in [-0.1, -0.05) is 6.07 Å². The van der Waals surface area contributed by atoms with Gasteiger partial charge in [0.2, 0.25) is 0 Å². The molecule has 3 aromatic rings. The molecule has 0 aliphatic heterocycles. The van der Waals surface area contributed by atoms with Gasteiger partial charge in [0.25, 0.3) is 0 Å². The van der Waals surface area contributed by atoms with E-state index in [0.29, 0.717) is 6.54 Å². The first kappa shape index (κ1) is 10.4. The summed E-state index contributed by atoms with van der Waals surface area (Å²) in [5.41, 5.74) is 7.46. The highest BCUT2D eigenvalue weighted by Gasteiger charge is 2.13. The number of thiophene rings is 1. The lowest BCUT2D eigenvalue weighted by Crippen LogP contribution is -2.06. The molecule has 5 heteroatoms. The molecule has 0 amide bonds. The van der Waals surface area contributed by atoms with Gasteiger partial charge in [-0.2, -0.15) is 0 Å². The molecule has 86 valence electrons. The van der Waals surface area contributed by atoms with Crippen molar-refractivity contribution in [3.63, 3.8) is 0 Å². The van der Waals surface area contributed by atoms with Crippen LogP contribution in [0.1, 0.15) is 5.82 Å². The molecule has 4 nitrogen and oxygen atoms in total. The van der Waals surface area contributed by atoms with E-state index >= 15 is 0 Å². The van der Waals surface area contributed by atoms with Gasteiger partial charge in [-0.3, -0.25) is 4.40 Å². The first-order chi connectivity index (χ1) is 8.40. The van der Waals surface area contributed by atoms with Crippen LogP contribution in [0.2, 0.25) is 0 Å². The molecule has 0 aliphatic carbocycles. The summed E-state index contributed by atoms with van der Waals surface area (Å²) in [5, 5.41) is 2.05. The summed E-state index contributed by atoms with van der Waals surface area (Å²) < 4.78 is 2.02. The van der Waals surface area contributed by atoms with Gasteiger partial charge in [0, 0.05) is 18.8 Å². The second-order valence-corrected chi connectivity index (χ2v) is 4.65. The van der Waals surface area contributed by atoms with Crippen LogP contribution in [0.15, 0.2) is 36.0 Å². The van der Waals surface area contributed by atoms with Crippen LogP contribution < -0.4 is 5.73 Å². The predicted octanol–water partition coefficient (Wildman–Crippen LogP) is 1.96. The highest BCUT2D eigenvalue weighted by molar-refractivity contribution is 7.13. The summed E-state index contributed by atoms with van der Waals surface area (Å²) in [6.45, 7) is 0.595. The molecule has 0 atom stereocenters. The van der Waals surface area contributed by atoms with Crippen molar-refractivity contribution in [2.75, 3.05) is 6.54 Å². The Morgan fingerprint density at radius 2 is 2.29 bits per heavy atom. The highest BCUT2D eigenvalue weighted by Crippen LogP contribution is 2.27. The molecular weight excluding hydrogens is 232 g/mol. The van der Waals surface area contributed by atoms with E-state index in [0.717, 1.165) is 28.5 Å². The minimum atomic E-state index is 0.595. The molecule has 2 N–H and O–H groups in total. The zero-order chi connectivity index (χ0) is 11.7. The Hall–Kier alpha value is -1.72. The van der Waals surface area contributed by atoms with Crippen LogP contribution in [0, 0.1) is 0 Å². The van der Waals surface area contributed by atoms with Crippen LogP contribution >= 0.6 is 11.3 Å². The number of fused-ring (bicyclic) bond motifs is 1. The van der Waals surface area contributed by atoms with Crippen LogP contribution in [0.3, 0.4) is 0 Å². The van der Waals surface area contributed by atoms with E-state index < -0.39 is 0 Å². The van der Waals surface area contributed by atoms with E-state index in [2.05, 4.69) is 16.0 Å². The first-order valence-corrected chi connectivity index (χ1v) is 6.34. The normalized spacial score (nSPS) is 11.1. The number of nitrogens with zero attached hydrogens (tertiary/aromatic N) is 3. The topological polar surface area (TPSA) is 56.2 Å². The summed E-state index contributed by atoms with van der Waals surface area (Å²) >= 11 is 1.68. The first-order valence-electron chi connectivity index (χ1n) is 5.46. The Labute approximate surface area is 103 Å². The second kappa shape index (κ2) is 4.27. The quantitative estimate of drug-likeness (QED) is 0.766. The summed E-state index contributed by atoms with van der Waals surface area (Å²) in [4.78, 5) is 10.2. The van der Waals surface area contributed by atoms with Crippen molar-refractivity contribution in [2.45, 2.75) is 6.42 Å². The smallest absolute Gasteiger partial charge is 0.165 e. The Morgan fingerprint density at radius 3 is 3.06 bits per heavy atom. The molecule has 0 aromatic carbocycles. The summed E-state index contributed by atoms with van der Waals surface area (Å²) in [7, 11) is 0. The molecule has 0 fully saturated rings. The number of imidazole rings is 1. The van der Waals surface area contributed by atoms with Crippen molar-refractivity contribution >= 4 is 17.0 Å². The van der Waals surface area contributed by atoms with E-state index in [9.17, 15) is 0 Å². The van der Waals surface area contributed by atoms with Crippen LogP contribution in [-0.4, -0.2) is 20.9 Å². The number of hydrogen-bond donors (Lipinski definition) is 1. The molecule has 3 rings (SSSR count). The van der Waals surface area contributed by atoms with Gasteiger partial charge < -0.3 is 5.73 Å². The Kier molecular flexibility index (Phi) is 2.62. The average molecular weight is 244 g/mol. The molecular formula is C12H12N4S. The van der Waals surface area contributed by atoms with Gasteiger partial charge in [0.05, 0.1) is 4.88 Å². The van der Waals surface area contributed by atoms with Crippen LogP contribution in [-0.2, 0) is 6.42 Å². The fourth-order valence-corrected chi connectivity index (χ4v) is 2.58. The van der Waals surface area contributed by atoms with Crippen LogP contribution in [0.4, 0.5) is 0 Å². The molecule has 0 radical (unpaired) electrons. The minimum absolute atomic E-state index is 0.595. The zero-order valence-electron chi connectivity index (χ0n) is 9.21. The third kappa shape index (κ3) is 1.73. The molecule has 3 aromatic heterocycles. The van der Waals surface area contributed by atoms with E-state index in [4.69, 9.17) is 5.73 Å². The van der Waals surface area contributed by atoms with Crippen molar-refractivity contribution in [1.82, 2.24) is 14.4 Å². The Morgan fingerprint density at radius 1 is 1.35 bits per heavy atom. The maximum Gasteiger partial charge on any atom is 0.165 e. The van der Waals surface area contributed by atoms with Gasteiger partial charge in [-0.25, -0.2) is 9.97 Å². The standard InChI is InChI=1S/C12H12N4S/c13-5-4-10-15-11(9-3-1-8-17-9)12-14-6-2-7-16(10)12/h1-3,6-8H,4-5,13H2. The zero-order valence-corrected chi connectivity index (χ0v) is 10.0. The minimum Gasteiger partial charge on any atom is -0.330 e. The highest BCUT2D eigenvalue weighted by atomic mass is 32.1. The number of nitrogens with two attached hydrogens (primary N) is 1. The van der Waals surface area contributed by atoms with E-state index in [1.54, 1.807) is 17.5 Å². The maximum absolute atomic E-state index is 5.61. The molecule has 0 spiro atoms.